The molecule has 2 aliphatic heterocycles. The van der Waals surface area contributed by atoms with Crippen molar-refractivity contribution in [2.75, 3.05) is 53.6 Å². The van der Waals surface area contributed by atoms with E-state index >= 15 is 0 Å². The van der Waals surface area contributed by atoms with Crippen LogP contribution in [-0.2, 0) is 62.8 Å². The molecule has 0 bridgehead atoms. The average Bonchev–Trinajstić information content (AvgIpc) is 3.75. The van der Waals surface area contributed by atoms with Gasteiger partial charge in [0, 0.05) is 27.2 Å². The number of guanidine groups is 1. The number of esters is 1. The summed E-state index contributed by atoms with van der Waals surface area (Å²) in [6, 6.07) is -1.27. The zero-order chi connectivity index (χ0) is 50.1. The fourth-order valence-electron chi connectivity index (χ4n) is 6.49. The second-order valence-corrected chi connectivity index (χ2v) is 18.4. The second kappa shape index (κ2) is 26.3. The molecular weight excluding hydrogens is 932 g/mol. The van der Waals surface area contributed by atoms with Crippen molar-refractivity contribution in [2.45, 2.75) is 102 Å². The van der Waals surface area contributed by atoms with Crippen LogP contribution < -0.4 is 37.7 Å². The minimum Gasteiger partial charge on any atom is -0.452 e. The third-order valence-corrected chi connectivity index (χ3v) is 11.9. The van der Waals surface area contributed by atoms with E-state index in [9.17, 15) is 47.8 Å². The SMILES string of the molecule is CC(=O)C(CCCN=C(N)N)NC(=O)C1CCCN1C(=O)C(CCCCN)NC(=O)C(NC(=O)OCc1ccc(OP2(=O)OCC(OP(=O)(O)O)CO2)c(C(=O)OCC(=O)N(C)C)c1)C(C)O. The van der Waals surface area contributed by atoms with Gasteiger partial charge in [-0.3, -0.25) is 42.5 Å². The number of likely N-dealkylation sites (tertiary alicyclic amines) is 1. The summed E-state index contributed by atoms with van der Waals surface area (Å²) in [4.78, 5) is 116. The van der Waals surface area contributed by atoms with Gasteiger partial charge < -0.3 is 71.8 Å². The summed E-state index contributed by atoms with van der Waals surface area (Å²) < 4.78 is 54.7. The lowest BCUT2D eigenvalue weighted by molar-refractivity contribution is -0.142. The quantitative estimate of drug-likeness (QED) is 0.0180. The monoisotopic (exact) mass is 993 g/mol. The molecule has 67 heavy (non-hydrogen) atoms. The number of nitrogens with one attached hydrogen (secondary N) is 3. The van der Waals surface area contributed by atoms with E-state index in [1.165, 1.54) is 38.9 Å². The first-order valence-corrected chi connectivity index (χ1v) is 24.0. The smallest absolute Gasteiger partial charge is 0.452 e. The van der Waals surface area contributed by atoms with Gasteiger partial charge in [0.2, 0.25) is 17.7 Å². The molecule has 3 rings (SSSR count). The van der Waals surface area contributed by atoms with E-state index in [-0.39, 0.29) is 56.2 Å². The number of hydrogen-bond donors (Lipinski definition) is 9. The number of rotatable bonds is 25. The fraction of sp³-hybridized carbons (Fsp3) is 0.632. The molecule has 0 aliphatic carbocycles. The highest BCUT2D eigenvalue weighted by molar-refractivity contribution is 7.49. The largest absolute Gasteiger partial charge is 0.530 e. The number of unbranched alkanes of at least 4 members (excludes halogenated alkanes) is 1. The molecule has 27 nitrogen and oxygen atoms in total. The number of amides is 5. The molecule has 2 saturated heterocycles. The molecule has 1 aromatic rings. The Labute approximate surface area is 385 Å². The summed E-state index contributed by atoms with van der Waals surface area (Å²) in [5.74, 6) is -4.79. The molecule has 376 valence electrons. The second-order valence-electron chi connectivity index (χ2n) is 15.6. The number of aliphatic hydroxyl groups excluding tert-OH is 1. The molecule has 2 fully saturated rings. The van der Waals surface area contributed by atoms with Crippen molar-refractivity contribution in [2.24, 2.45) is 22.2 Å². The Hall–Kier alpha value is -5.24. The van der Waals surface area contributed by atoms with Crippen LogP contribution in [0, 0.1) is 0 Å². The van der Waals surface area contributed by atoms with Crippen LogP contribution in [0.25, 0.3) is 0 Å². The Bertz CT molecular complexity index is 2040. The molecule has 5 unspecified atom stereocenters. The van der Waals surface area contributed by atoms with Crippen LogP contribution in [0.2, 0.25) is 0 Å². The van der Waals surface area contributed by atoms with Gasteiger partial charge in [-0.05, 0) is 83.0 Å². The number of nitrogens with two attached hydrogens (primary N) is 3. The van der Waals surface area contributed by atoms with Crippen LogP contribution in [0.5, 0.6) is 5.75 Å². The van der Waals surface area contributed by atoms with Crippen molar-refractivity contribution in [1.29, 1.82) is 0 Å². The predicted octanol–water partition coefficient (Wildman–Crippen LogP) is -1.35. The van der Waals surface area contributed by atoms with Gasteiger partial charge in [0.25, 0.3) is 5.91 Å². The molecule has 2 heterocycles. The Kier molecular flexibility index (Phi) is 22.1. The number of likely N-dealkylation sites (N-methyl/N-ethyl adjacent to an activating group) is 1. The molecule has 12 N–H and O–H groups in total. The maximum Gasteiger partial charge on any atom is 0.530 e. The van der Waals surface area contributed by atoms with Crippen molar-refractivity contribution in [1.82, 2.24) is 25.8 Å². The van der Waals surface area contributed by atoms with Crippen molar-refractivity contribution in [3.8, 4) is 5.75 Å². The van der Waals surface area contributed by atoms with Crippen LogP contribution in [0.4, 0.5) is 4.79 Å². The number of phosphoric ester groups is 2. The normalized spacial score (nSPS) is 20.0. The standard InChI is InChI=1S/C38H61N9O18P2/c1-22(48)27(10-7-15-42-37(40)41)43-33(51)29-11-8-16-47(29)35(53)28(9-5-6-14-39)44-34(52)32(23(2)49)45-38(55)61-18-24-12-13-30(26(17-24)36(54)60-21-31(50)46(3)4)65-67(59)62-19-25(20-63-67)64-66(56,57)58/h12-13,17,23,25,27-29,32,49H,5-11,14-16,18-21,39H2,1-4H3,(H,43,51)(H,44,52)(H,45,55)(H4,40,41,42)(H2,56,57,58). The lowest BCUT2D eigenvalue weighted by atomic mass is 10.0. The van der Waals surface area contributed by atoms with Crippen LogP contribution in [0.15, 0.2) is 23.2 Å². The third-order valence-electron chi connectivity index (χ3n) is 9.98. The number of carbonyl (C=O) groups is 7. The van der Waals surface area contributed by atoms with E-state index in [0.717, 1.165) is 17.0 Å². The van der Waals surface area contributed by atoms with Gasteiger partial charge in [-0.2, -0.15) is 0 Å². The molecular formula is C38H61N9O18P2. The minimum atomic E-state index is -4.96. The summed E-state index contributed by atoms with van der Waals surface area (Å²) in [6.07, 6.45) is -1.79. The minimum absolute atomic E-state index is 0.0808. The number of Topliss-reactive ketones (excluding diaryl/α,β-unsaturated/α-hetero) is 1. The van der Waals surface area contributed by atoms with Crippen molar-refractivity contribution in [3.05, 3.63) is 29.3 Å². The molecule has 0 radical (unpaired) electrons. The molecule has 0 spiro atoms. The van der Waals surface area contributed by atoms with Gasteiger partial charge >= 0.3 is 27.7 Å². The summed E-state index contributed by atoms with van der Waals surface area (Å²) in [5.41, 5.74) is 16.0. The van der Waals surface area contributed by atoms with Gasteiger partial charge in [-0.25, -0.2) is 18.7 Å². The highest BCUT2D eigenvalue weighted by Crippen LogP contribution is 2.53. The number of aliphatic imine (C=N–C) groups is 1. The molecule has 0 aromatic heterocycles. The lowest BCUT2D eigenvalue weighted by Gasteiger charge is -2.31. The maximum atomic E-state index is 14.0. The fourth-order valence-corrected chi connectivity index (χ4v) is 8.28. The predicted molar refractivity (Wildman–Crippen MR) is 233 cm³/mol. The first-order chi connectivity index (χ1) is 31.4. The molecule has 5 amide bonds. The van der Waals surface area contributed by atoms with Crippen LogP contribution >= 0.6 is 15.6 Å². The Morgan fingerprint density at radius 3 is 2.27 bits per heavy atom. The average molecular weight is 994 g/mol. The van der Waals surface area contributed by atoms with Gasteiger partial charge in [-0.1, -0.05) is 6.07 Å². The van der Waals surface area contributed by atoms with Crippen LogP contribution in [0.1, 0.15) is 74.7 Å². The molecule has 29 heteroatoms. The van der Waals surface area contributed by atoms with Gasteiger partial charge in [-0.15, -0.1) is 0 Å². The zero-order valence-electron chi connectivity index (χ0n) is 37.5. The van der Waals surface area contributed by atoms with Crippen molar-refractivity contribution >= 4 is 63.1 Å². The van der Waals surface area contributed by atoms with E-state index in [4.69, 9.17) is 50.0 Å². The first kappa shape index (κ1) is 56.1. The van der Waals surface area contributed by atoms with Gasteiger partial charge in [0.15, 0.2) is 18.3 Å². The number of hydrogen-bond acceptors (Lipinski definition) is 18. The summed E-state index contributed by atoms with van der Waals surface area (Å²) in [5, 5.41) is 18.1. The number of benzene rings is 1. The van der Waals surface area contributed by atoms with Crippen molar-refractivity contribution < 1.29 is 85.2 Å². The Morgan fingerprint density at radius 2 is 1.67 bits per heavy atom. The van der Waals surface area contributed by atoms with E-state index in [2.05, 4.69) is 25.5 Å². The van der Waals surface area contributed by atoms with E-state index in [1.54, 1.807) is 0 Å². The van der Waals surface area contributed by atoms with Crippen LogP contribution in [0.3, 0.4) is 0 Å². The van der Waals surface area contributed by atoms with E-state index in [1.807, 2.05) is 0 Å². The number of ketones is 1. The number of carbonyl (C=O) groups excluding carboxylic acids is 7. The Morgan fingerprint density at radius 1 is 1.00 bits per heavy atom. The summed E-state index contributed by atoms with van der Waals surface area (Å²) in [7, 11) is -6.66. The topological polar surface area (TPSA) is 403 Å². The summed E-state index contributed by atoms with van der Waals surface area (Å²) >= 11 is 0. The van der Waals surface area contributed by atoms with E-state index in [0.29, 0.717) is 25.7 Å². The number of ether oxygens (including phenoxy) is 2. The highest BCUT2D eigenvalue weighted by atomic mass is 31.2. The highest BCUT2D eigenvalue weighted by Gasteiger charge is 2.41. The first-order valence-electron chi connectivity index (χ1n) is 21.0. The number of nitrogens with zero attached hydrogens (tertiary/aromatic N) is 3. The lowest BCUT2D eigenvalue weighted by Crippen LogP contribution is -2.59. The van der Waals surface area contributed by atoms with Gasteiger partial charge in [0.1, 0.15) is 42.1 Å². The maximum absolute atomic E-state index is 14.0. The molecule has 0 saturated carbocycles. The van der Waals surface area contributed by atoms with Gasteiger partial charge in [0.05, 0.1) is 25.4 Å². The molecule has 1 aromatic carbocycles. The molecule has 5 atom stereocenters. The zero-order valence-corrected chi connectivity index (χ0v) is 39.3. The number of aliphatic hydroxyl groups is 1. The van der Waals surface area contributed by atoms with Crippen molar-refractivity contribution in [3.63, 3.8) is 0 Å². The number of alkyl carbamates (subject to hydrolysis) is 1. The third kappa shape index (κ3) is 18.8. The number of phosphoric acid groups is 2. The summed E-state index contributed by atoms with van der Waals surface area (Å²) in [6.45, 7) is 0.617. The van der Waals surface area contributed by atoms with Crippen LogP contribution in [-0.4, -0.2) is 162 Å². The Balaban J connectivity index is 1.73. The molecule has 2 aliphatic rings. The van der Waals surface area contributed by atoms with E-state index < -0.39 is 125 Å².